The lowest BCUT2D eigenvalue weighted by Gasteiger charge is -2.23. The summed E-state index contributed by atoms with van der Waals surface area (Å²) in [4.78, 5) is 12.6. The summed E-state index contributed by atoms with van der Waals surface area (Å²) in [5.74, 6) is 1.18. The van der Waals surface area contributed by atoms with E-state index in [0.717, 1.165) is 11.3 Å². The normalized spacial score (nSPS) is 17.1. The lowest BCUT2D eigenvalue weighted by Crippen LogP contribution is -2.27. The van der Waals surface area contributed by atoms with E-state index in [1.807, 2.05) is 20.8 Å². The summed E-state index contributed by atoms with van der Waals surface area (Å²) in [7, 11) is -0.950. The molecule has 1 atom stereocenters. The maximum Gasteiger partial charge on any atom is 0.258 e. The van der Waals surface area contributed by atoms with E-state index in [9.17, 15) is 9.00 Å². The van der Waals surface area contributed by atoms with Gasteiger partial charge < -0.3 is 5.32 Å². The number of rotatable bonds is 2. The number of nitrogens with one attached hydrogen (secondary N) is 1. The van der Waals surface area contributed by atoms with Gasteiger partial charge in [-0.15, -0.1) is 0 Å². The summed E-state index contributed by atoms with van der Waals surface area (Å²) < 4.78 is 13.6. The van der Waals surface area contributed by atoms with Crippen molar-refractivity contribution in [3.63, 3.8) is 0 Å². The Morgan fingerprint density at radius 3 is 2.65 bits per heavy atom. The highest BCUT2D eigenvalue weighted by atomic mass is 35.5. The van der Waals surface area contributed by atoms with Gasteiger partial charge in [0.25, 0.3) is 5.91 Å². The van der Waals surface area contributed by atoms with Gasteiger partial charge in [0.1, 0.15) is 5.82 Å². The number of aromatic nitrogens is 2. The van der Waals surface area contributed by atoms with Crippen LogP contribution >= 0.6 is 11.6 Å². The highest BCUT2D eigenvalue weighted by Gasteiger charge is 2.31. The molecule has 0 bridgehead atoms. The molecule has 0 saturated heterocycles. The smallest absolute Gasteiger partial charge is 0.258 e. The number of amides is 1. The molecule has 5 nitrogen and oxygen atoms in total. The van der Waals surface area contributed by atoms with Crippen molar-refractivity contribution in [3.8, 4) is 0 Å². The van der Waals surface area contributed by atoms with Crippen LogP contribution in [-0.2, 0) is 27.8 Å². The monoisotopic (exact) mass is 351 g/mol. The Kier molecular flexibility index (Phi) is 4.06. The maximum atomic E-state index is 12.6. The van der Waals surface area contributed by atoms with Crippen molar-refractivity contribution >= 4 is 34.1 Å². The molecule has 1 N–H and O–H groups in total. The SMILES string of the molecule is CC(C)(C)n1nc2c(c1NC(=O)c1ccccc1Cl)C[S@@](=O)C2. The van der Waals surface area contributed by atoms with Gasteiger partial charge >= 0.3 is 0 Å². The number of halogens is 1. The molecule has 0 aliphatic carbocycles. The molecule has 0 radical (unpaired) electrons. The first-order valence-corrected chi connectivity index (χ1v) is 9.16. The highest BCUT2D eigenvalue weighted by Crippen LogP contribution is 2.33. The Morgan fingerprint density at radius 1 is 1.30 bits per heavy atom. The van der Waals surface area contributed by atoms with Crippen molar-refractivity contribution in [3.05, 3.63) is 46.1 Å². The molecule has 0 saturated carbocycles. The predicted molar refractivity (Wildman–Crippen MR) is 92.2 cm³/mol. The molecule has 2 heterocycles. The molecule has 3 rings (SSSR count). The quantitative estimate of drug-likeness (QED) is 0.902. The van der Waals surface area contributed by atoms with Gasteiger partial charge in [-0.25, -0.2) is 4.68 Å². The minimum absolute atomic E-state index is 0.290. The zero-order valence-electron chi connectivity index (χ0n) is 13.2. The highest BCUT2D eigenvalue weighted by molar-refractivity contribution is 7.83. The van der Waals surface area contributed by atoms with Gasteiger partial charge in [0, 0.05) is 16.4 Å². The van der Waals surface area contributed by atoms with E-state index in [1.165, 1.54) is 0 Å². The fourth-order valence-corrected chi connectivity index (χ4v) is 4.05. The fourth-order valence-electron chi connectivity index (χ4n) is 2.56. The Morgan fingerprint density at radius 2 is 2.00 bits per heavy atom. The van der Waals surface area contributed by atoms with E-state index in [4.69, 9.17) is 11.6 Å². The number of hydrogen-bond acceptors (Lipinski definition) is 3. The minimum Gasteiger partial charge on any atom is -0.306 e. The minimum atomic E-state index is -0.950. The van der Waals surface area contributed by atoms with E-state index in [-0.39, 0.29) is 11.4 Å². The van der Waals surface area contributed by atoms with E-state index >= 15 is 0 Å². The standard InChI is InChI=1S/C16H18ClN3O2S/c1-16(2,3)20-14(11-8-23(22)9-13(11)19-20)18-15(21)10-6-4-5-7-12(10)17/h4-7H,8-9H2,1-3H3,(H,18,21)/t23-/m1/s1. The van der Waals surface area contributed by atoms with E-state index < -0.39 is 10.8 Å². The first-order chi connectivity index (χ1) is 10.8. The lowest BCUT2D eigenvalue weighted by molar-refractivity contribution is 0.102. The molecule has 0 fully saturated rings. The van der Waals surface area contributed by atoms with Crippen molar-refractivity contribution in [2.75, 3.05) is 5.32 Å². The zero-order valence-corrected chi connectivity index (χ0v) is 14.8. The van der Waals surface area contributed by atoms with Crippen LogP contribution in [0.15, 0.2) is 24.3 Å². The molecule has 122 valence electrons. The Bertz CT molecular complexity index is 808. The van der Waals surface area contributed by atoms with Crippen molar-refractivity contribution in [1.29, 1.82) is 0 Å². The summed E-state index contributed by atoms with van der Waals surface area (Å²) in [6.07, 6.45) is 0. The Labute approximate surface area is 142 Å². The van der Waals surface area contributed by atoms with Gasteiger partial charge in [0.2, 0.25) is 0 Å². The van der Waals surface area contributed by atoms with Crippen molar-refractivity contribution < 1.29 is 9.00 Å². The van der Waals surface area contributed by atoms with Crippen molar-refractivity contribution in [1.82, 2.24) is 9.78 Å². The lowest BCUT2D eigenvalue weighted by atomic mass is 10.1. The molecule has 1 aliphatic rings. The molecule has 1 aliphatic heterocycles. The predicted octanol–water partition coefficient (Wildman–Crippen LogP) is 3.31. The average molecular weight is 352 g/mol. The van der Waals surface area contributed by atoms with Crippen LogP contribution in [0, 0.1) is 0 Å². The van der Waals surface area contributed by atoms with Crippen LogP contribution < -0.4 is 5.32 Å². The van der Waals surface area contributed by atoms with Crippen molar-refractivity contribution in [2.24, 2.45) is 0 Å². The van der Waals surface area contributed by atoms with Crippen LogP contribution in [0.2, 0.25) is 5.02 Å². The number of anilines is 1. The molecule has 0 spiro atoms. The molecular formula is C16H18ClN3O2S. The summed E-state index contributed by atoms with van der Waals surface area (Å²) in [5.41, 5.74) is 1.77. The Balaban J connectivity index is 2.01. The topological polar surface area (TPSA) is 64.0 Å². The Hall–Kier alpha value is -1.66. The number of fused-ring (bicyclic) bond motifs is 1. The second-order valence-electron chi connectivity index (χ2n) is 6.52. The van der Waals surface area contributed by atoms with Crippen LogP contribution in [0.4, 0.5) is 5.82 Å². The molecule has 1 aromatic heterocycles. The number of carbonyl (C=O) groups excluding carboxylic acids is 1. The van der Waals surface area contributed by atoms with Gasteiger partial charge in [0.05, 0.1) is 33.3 Å². The number of hydrogen-bond donors (Lipinski definition) is 1. The van der Waals surface area contributed by atoms with E-state index in [1.54, 1.807) is 28.9 Å². The number of benzene rings is 1. The van der Waals surface area contributed by atoms with Crippen LogP contribution in [0.3, 0.4) is 0 Å². The van der Waals surface area contributed by atoms with Crippen LogP contribution in [0.1, 0.15) is 42.4 Å². The van der Waals surface area contributed by atoms with Gasteiger partial charge in [0.15, 0.2) is 0 Å². The van der Waals surface area contributed by atoms with Gasteiger partial charge in [-0.3, -0.25) is 9.00 Å². The summed E-state index contributed by atoms with van der Waals surface area (Å²) in [6, 6.07) is 6.89. The van der Waals surface area contributed by atoms with Crippen molar-refractivity contribution in [2.45, 2.75) is 37.8 Å². The molecule has 1 amide bonds. The second kappa shape index (κ2) is 5.76. The van der Waals surface area contributed by atoms with Gasteiger partial charge in [-0.1, -0.05) is 23.7 Å². The molecule has 2 aromatic rings. The van der Waals surface area contributed by atoms with Crippen LogP contribution in [-0.4, -0.2) is 19.9 Å². The largest absolute Gasteiger partial charge is 0.306 e. The third-order valence-corrected chi connectivity index (χ3v) is 5.19. The van der Waals surface area contributed by atoms with E-state index in [0.29, 0.717) is 27.9 Å². The zero-order chi connectivity index (χ0) is 16.8. The van der Waals surface area contributed by atoms with E-state index in [2.05, 4.69) is 10.4 Å². The third kappa shape index (κ3) is 3.05. The first kappa shape index (κ1) is 16.2. The summed E-state index contributed by atoms with van der Waals surface area (Å²) in [6.45, 7) is 6.03. The van der Waals surface area contributed by atoms with Crippen LogP contribution in [0.5, 0.6) is 0 Å². The fraction of sp³-hybridized carbons (Fsp3) is 0.375. The van der Waals surface area contributed by atoms with Gasteiger partial charge in [-0.05, 0) is 32.9 Å². The maximum absolute atomic E-state index is 12.6. The summed E-state index contributed by atoms with van der Waals surface area (Å²) >= 11 is 6.10. The molecule has 0 unspecified atom stereocenters. The second-order valence-corrected chi connectivity index (χ2v) is 8.38. The number of nitrogens with zero attached hydrogens (tertiary/aromatic N) is 2. The van der Waals surface area contributed by atoms with Crippen LogP contribution in [0.25, 0.3) is 0 Å². The summed E-state index contributed by atoms with van der Waals surface area (Å²) in [5, 5.41) is 7.87. The molecule has 23 heavy (non-hydrogen) atoms. The first-order valence-electron chi connectivity index (χ1n) is 7.29. The third-order valence-electron chi connectivity index (χ3n) is 3.66. The molecule has 7 heteroatoms. The van der Waals surface area contributed by atoms with Gasteiger partial charge in [-0.2, -0.15) is 5.10 Å². The molecular weight excluding hydrogens is 334 g/mol. The average Bonchev–Trinajstić information content (AvgIpc) is 2.96. The number of carbonyl (C=O) groups is 1. The molecule has 1 aromatic carbocycles.